The molecule has 0 atom stereocenters. The van der Waals surface area contributed by atoms with Crippen LogP contribution < -0.4 is 4.90 Å². The lowest BCUT2D eigenvalue weighted by molar-refractivity contribution is 0.108. The van der Waals surface area contributed by atoms with Crippen molar-refractivity contribution in [1.82, 2.24) is 0 Å². The molecule has 1 aliphatic carbocycles. The van der Waals surface area contributed by atoms with Crippen molar-refractivity contribution in [1.29, 1.82) is 0 Å². The third-order valence-corrected chi connectivity index (χ3v) is 6.91. The maximum atomic E-state index is 4.55. The zero-order valence-corrected chi connectivity index (χ0v) is 16.8. The average Bonchev–Trinajstić information content (AvgIpc) is 2.61. The summed E-state index contributed by atoms with van der Waals surface area (Å²) in [6, 6.07) is 9.03. The standard InChI is InChI=1S/C23H37N/c1-8-22(6)14-16-23(9-2,17-15-22)19(5)24(7)21-12-10-20(11-13-21)18(3)4/h10-13,18H,5,8-9,14-17H2,1-4,6-7H3/t22-,23-. The second kappa shape index (κ2) is 7.33. The van der Waals surface area contributed by atoms with Crippen LogP contribution in [0, 0.1) is 10.8 Å². The largest absolute Gasteiger partial charge is 0.348 e. The van der Waals surface area contributed by atoms with E-state index in [0.717, 1.165) is 0 Å². The van der Waals surface area contributed by atoms with E-state index >= 15 is 0 Å². The van der Waals surface area contributed by atoms with Crippen LogP contribution in [0.2, 0.25) is 0 Å². The van der Waals surface area contributed by atoms with Gasteiger partial charge in [0.2, 0.25) is 0 Å². The van der Waals surface area contributed by atoms with E-state index in [1.807, 2.05) is 0 Å². The van der Waals surface area contributed by atoms with E-state index in [0.29, 0.717) is 11.3 Å². The SMILES string of the molecule is C=C(N(C)c1ccc(C(C)C)cc1)[C@]1(CC)CC[C@@](C)(CC)CC1. The van der Waals surface area contributed by atoms with Crippen LogP contribution in [-0.4, -0.2) is 7.05 Å². The van der Waals surface area contributed by atoms with Gasteiger partial charge in [0, 0.05) is 23.8 Å². The van der Waals surface area contributed by atoms with E-state index in [1.165, 1.54) is 55.5 Å². The molecule has 0 unspecified atom stereocenters. The number of hydrogen-bond donors (Lipinski definition) is 0. The van der Waals surface area contributed by atoms with Gasteiger partial charge in [-0.05, 0) is 61.1 Å². The van der Waals surface area contributed by atoms with E-state index in [-0.39, 0.29) is 5.41 Å². The Labute approximate surface area is 150 Å². The van der Waals surface area contributed by atoms with E-state index in [9.17, 15) is 0 Å². The smallest absolute Gasteiger partial charge is 0.0405 e. The maximum absolute atomic E-state index is 4.55. The summed E-state index contributed by atoms with van der Waals surface area (Å²) in [7, 11) is 2.19. The van der Waals surface area contributed by atoms with E-state index in [4.69, 9.17) is 0 Å². The third kappa shape index (κ3) is 3.71. The van der Waals surface area contributed by atoms with Crippen molar-refractivity contribution >= 4 is 5.69 Å². The lowest BCUT2D eigenvalue weighted by Gasteiger charge is -2.47. The average molecular weight is 328 g/mol. The highest BCUT2D eigenvalue weighted by Gasteiger charge is 2.41. The first kappa shape index (κ1) is 19.1. The fourth-order valence-corrected chi connectivity index (χ4v) is 4.13. The Bertz CT molecular complexity index is 544. The van der Waals surface area contributed by atoms with Crippen LogP contribution in [0.25, 0.3) is 0 Å². The van der Waals surface area contributed by atoms with Crippen molar-refractivity contribution in [3.8, 4) is 0 Å². The molecular formula is C23H37N. The lowest BCUT2D eigenvalue weighted by atomic mass is 9.61. The first-order chi connectivity index (χ1) is 11.3. The number of benzene rings is 1. The summed E-state index contributed by atoms with van der Waals surface area (Å²) in [6.07, 6.45) is 7.71. The van der Waals surface area contributed by atoms with Crippen LogP contribution in [0.1, 0.15) is 84.6 Å². The second-order valence-electron chi connectivity index (χ2n) is 8.55. The number of anilines is 1. The molecule has 0 N–H and O–H groups in total. The van der Waals surface area contributed by atoms with E-state index in [2.05, 4.69) is 77.4 Å². The van der Waals surface area contributed by atoms with Crippen molar-refractivity contribution in [3.63, 3.8) is 0 Å². The zero-order valence-electron chi connectivity index (χ0n) is 16.8. The highest BCUT2D eigenvalue weighted by Crippen LogP contribution is 2.52. The first-order valence-corrected chi connectivity index (χ1v) is 9.80. The van der Waals surface area contributed by atoms with Crippen molar-refractivity contribution in [3.05, 3.63) is 42.1 Å². The molecule has 0 aromatic heterocycles. The minimum absolute atomic E-state index is 0.278. The molecule has 1 aliphatic rings. The summed E-state index contributed by atoms with van der Waals surface area (Å²) in [6.45, 7) is 16.2. The highest BCUT2D eigenvalue weighted by atomic mass is 15.1. The molecule has 1 fully saturated rings. The van der Waals surface area contributed by atoms with Gasteiger partial charge in [-0.25, -0.2) is 0 Å². The van der Waals surface area contributed by atoms with Crippen LogP contribution in [0.5, 0.6) is 0 Å². The summed E-state index contributed by atoms with van der Waals surface area (Å²) >= 11 is 0. The lowest BCUT2D eigenvalue weighted by Crippen LogP contribution is -2.38. The molecule has 0 saturated heterocycles. The number of hydrogen-bond acceptors (Lipinski definition) is 1. The maximum Gasteiger partial charge on any atom is 0.0405 e. The number of nitrogens with zero attached hydrogens (tertiary/aromatic N) is 1. The topological polar surface area (TPSA) is 3.24 Å². The van der Waals surface area contributed by atoms with Crippen molar-refractivity contribution < 1.29 is 0 Å². The first-order valence-electron chi connectivity index (χ1n) is 9.80. The van der Waals surface area contributed by atoms with Crippen molar-refractivity contribution in [2.45, 2.75) is 79.1 Å². The molecule has 0 heterocycles. The van der Waals surface area contributed by atoms with Gasteiger partial charge in [-0.2, -0.15) is 0 Å². The summed E-state index contributed by atoms with van der Waals surface area (Å²) in [5.74, 6) is 0.583. The summed E-state index contributed by atoms with van der Waals surface area (Å²) in [4.78, 5) is 2.34. The third-order valence-electron chi connectivity index (χ3n) is 6.91. The summed E-state index contributed by atoms with van der Waals surface area (Å²) in [5.41, 5.74) is 4.79. The molecule has 0 aliphatic heterocycles. The predicted octanol–water partition coefficient (Wildman–Crippen LogP) is 7.15. The summed E-state index contributed by atoms with van der Waals surface area (Å²) < 4.78 is 0. The Morgan fingerprint density at radius 3 is 2.00 bits per heavy atom. The molecule has 0 amide bonds. The van der Waals surface area contributed by atoms with Crippen molar-refractivity contribution in [2.75, 3.05) is 11.9 Å². The Kier molecular flexibility index (Phi) is 5.83. The van der Waals surface area contributed by atoms with Gasteiger partial charge in [0.25, 0.3) is 0 Å². The molecule has 134 valence electrons. The molecular weight excluding hydrogens is 290 g/mol. The van der Waals surface area contributed by atoms with Gasteiger partial charge in [-0.15, -0.1) is 0 Å². The molecule has 1 aromatic rings. The fourth-order valence-electron chi connectivity index (χ4n) is 4.13. The molecule has 1 heteroatoms. The van der Waals surface area contributed by atoms with E-state index in [1.54, 1.807) is 0 Å². The quantitative estimate of drug-likeness (QED) is 0.536. The molecule has 1 saturated carbocycles. The monoisotopic (exact) mass is 327 g/mol. The molecule has 0 spiro atoms. The Hall–Kier alpha value is -1.24. The van der Waals surface area contributed by atoms with Crippen LogP contribution in [0.4, 0.5) is 5.69 Å². The summed E-state index contributed by atoms with van der Waals surface area (Å²) in [5, 5.41) is 0. The molecule has 0 bridgehead atoms. The van der Waals surface area contributed by atoms with Crippen LogP contribution in [0.3, 0.4) is 0 Å². The minimum Gasteiger partial charge on any atom is -0.348 e. The zero-order chi connectivity index (χ0) is 18.0. The van der Waals surface area contributed by atoms with Gasteiger partial charge in [-0.3, -0.25) is 0 Å². The molecule has 1 aromatic carbocycles. The van der Waals surface area contributed by atoms with Crippen LogP contribution in [0.15, 0.2) is 36.5 Å². The van der Waals surface area contributed by atoms with E-state index < -0.39 is 0 Å². The minimum atomic E-state index is 0.278. The Morgan fingerprint density at radius 2 is 1.58 bits per heavy atom. The molecule has 24 heavy (non-hydrogen) atoms. The van der Waals surface area contributed by atoms with Crippen molar-refractivity contribution in [2.24, 2.45) is 10.8 Å². The normalized spacial score (nSPS) is 27.3. The van der Waals surface area contributed by atoms with Gasteiger partial charge in [0.15, 0.2) is 0 Å². The highest BCUT2D eigenvalue weighted by molar-refractivity contribution is 5.53. The molecule has 1 nitrogen and oxygen atoms in total. The van der Waals surface area contributed by atoms with Crippen LogP contribution >= 0.6 is 0 Å². The van der Waals surface area contributed by atoms with Gasteiger partial charge < -0.3 is 4.90 Å². The predicted molar refractivity (Wildman–Crippen MR) is 108 cm³/mol. The van der Waals surface area contributed by atoms with Gasteiger partial charge in [0.1, 0.15) is 0 Å². The van der Waals surface area contributed by atoms with Gasteiger partial charge in [0.05, 0.1) is 0 Å². The fraction of sp³-hybridized carbons (Fsp3) is 0.652. The van der Waals surface area contributed by atoms with Crippen LogP contribution in [-0.2, 0) is 0 Å². The molecule has 2 rings (SSSR count). The van der Waals surface area contributed by atoms with Gasteiger partial charge in [-0.1, -0.05) is 59.8 Å². The Morgan fingerprint density at radius 1 is 1.04 bits per heavy atom. The second-order valence-corrected chi connectivity index (χ2v) is 8.55. The number of allylic oxidation sites excluding steroid dienone is 1. The van der Waals surface area contributed by atoms with Gasteiger partial charge >= 0.3 is 0 Å². The number of rotatable bonds is 6. The molecule has 0 radical (unpaired) electrons. The Balaban J connectivity index is 2.16.